The first kappa shape index (κ1) is 12.4. The molecule has 2 saturated heterocycles. The monoisotopic (exact) mass is 256 g/mol. The second-order valence-corrected chi connectivity index (χ2v) is 6.20. The maximum Gasteiger partial charge on any atom is 0.308 e. The molecule has 2 aliphatic heterocycles. The van der Waals surface area contributed by atoms with Gasteiger partial charge in [-0.25, -0.2) is 0 Å². The predicted molar refractivity (Wildman–Crippen MR) is 61.2 cm³/mol. The van der Waals surface area contributed by atoms with Crippen LogP contribution in [-0.4, -0.2) is 34.4 Å². The van der Waals surface area contributed by atoms with Gasteiger partial charge in [0.05, 0.1) is 12.0 Å². The first-order chi connectivity index (χ1) is 8.43. The number of carbonyl (C=O) groups excluding carboxylic acids is 1. The van der Waals surface area contributed by atoms with E-state index in [2.05, 4.69) is 0 Å². The largest absolute Gasteiger partial charge is 0.436 e. The molecule has 5 unspecified atom stereocenters. The average Bonchev–Trinajstić information content (AvgIpc) is 2.41. The molecular weight excluding hydrogens is 236 g/mol. The summed E-state index contributed by atoms with van der Waals surface area (Å²) in [5.74, 6) is -0.415. The maximum atomic E-state index is 11.7. The van der Waals surface area contributed by atoms with E-state index >= 15 is 0 Å². The first-order valence-corrected chi connectivity index (χ1v) is 6.68. The molecule has 3 aliphatic rings. The topological polar surface area (TPSA) is 76.0 Å². The van der Waals surface area contributed by atoms with E-state index in [9.17, 15) is 15.0 Å². The Morgan fingerprint density at radius 1 is 1.39 bits per heavy atom. The van der Waals surface area contributed by atoms with Gasteiger partial charge in [0.1, 0.15) is 0 Å². The molecule has 5 heteroatoms. The summed E-state index contributed by atoms with van der Waals surface area (Å²) >= 11 is 0. The Bertz CT molecular complexity index is 370. The lowest BCUT2D eigenvalue weighted by atomic mass is 9.56. The predicted octanol–water partition coefficient (Wildman–Crippen LogP) is 0.926. The smallest absolute Gasteiger partial charge is 0.308 e. The highest BCUT2D eigenvalue weighted by atomic mass is 16.7. The molecule has 0 amide bonds. The Morgan fingerprint density at radius 3 is 2.94 bits per heavy atom. The molecule has 2 bridgehead atoms. The molecule has 3 rings (SSSR count). The lowest BCUT2D eigenvalue weighted by Crippen LogP contribution is -2.55. The molecular formula is C13H20O5. The summed E-state index contributed by atoms with van der Waals surface area (Å²) in [6, 6.07) is 0. The zero-order chi connectivity index (χ0) is 13.0. The third-order valence-electron chi connectivity index (χ3n) is 5.09. The zero-order valence-electron chi connectivity index (χ0n) is 10.6. The molecule has 0 spiro atoms. The van der Waals surface area contributed by atoms with E-state index in [0.29, 0.717) is 6.42 Å². The second-order valence-electron chi connectivity index (χ2n) is 6.20. The zero-order valence-corrected chi connectivity index (χ0v) is 10.6. The van der Waals surface area contributed by atoms with Gasteiger partial charge in [0.2, 0.25) is 6.29 Å². The van der Waals surface area contributed by atoms with Crippen molar-refractivity contribution < 1.29 is 24.5 Å². The fourth-order valence-corrected chi connectivity index (χ4v) is 4.03. The van der Waals surface area contributed by atoms with E-state index in [1.165, 1.54) is 0 Å². The molecule has 3 fully saturated rings. The number of rotatable bonds is 0. The van der Waals surface area contributed by atoms with Gasteiger partial charge in [-0.05, 0) is 18.8 Å². The highest BCUT2D eigenvalue weighted by molar-refractivity contribution is 5.70. The molecule has 1 saturated carbocycles. The highest BCUT2D eigenvalue weighted by Crippen LogP contribution is 2.56. The van der Waals surface area contributed by atoms with Crippen molar-refractivity contribution in [1.29, 1.82) is 0 Å². The van der Waals surface area contributed by atoms with Crippen molar-refractivity contribution in [2.24, 2.45) is 11.3 Å². The lowest BCUT2D eigenvalue weighted by molar-refractivity contribution is -0.224. The van der Waals surface area contributed by atoms with E-state index in [4.69, 9.17) is 9.47 Å². The SMILES string of the molecule is CC12CCCC3CC(=O)OC(CC31O)OC(O)C2. The Kier molecular flexibility index (Phi) is 2.70. The number of ether oxygens (including phenoxy) is 2. The molecule has 5 nitrogen and oxygen atoms in total. The maximum absolute atomic E-state index is 11.7. The fourth-order valence-electron chi connectivity index (χ4n) is 4.03. The lowest BCUT2D eigenvalue weighted by Gasteiger charge is -2.51. The summed E-state index contributed by atoms with van der Waals surface area (Å²) in [6.45, 7) is 1.99. The van der Waals surface area contributed by atoms with Crippen molar-refractivity contribution in [1.82, 2.24) is 0 Å². The molecule has 0 aromatic heterocycles. The summed E-state index contributed by atoms with van der Waals surface area (Å²) in [6.07, 6.45) is 1.79. The van der Waals surface area contributed by atoms with Crippen molar-refractivity contribution >= 4 is 5.97 Å². The summed E-state index contributed by atoms with van der Waals surface area (Å²) in [7, 11) is 0. The van der Waals surface area contributed by atoms with Gasteiger partial charge < -0.3 is 19.7 Å². The fraction of sp³-hybridized carbons (Fsp3) is 0.923. The van der Waals surface area contributed by atoms with Gasteiger partial charge in [0, 0.05) is 18.3 Å². The van der Waals surface area contributed by atoms with Crippen molar-refractivity contribution in [3.63, 3.8) is 0 Å². The van der Waals surface area contributed by atoms with Crippen molar-refractivity contribution in [3.05, 3.63) is 0 Å². The van der Waals surface area contributed by atoms with Crippen molar-refractivity contribution in [2.45, 2.75) is 63.6 Å². The van der Waals surface area contributed by atoms with Gasteiger partial charge in [0.15, 0.2) is 6.29 Å². The quantitative estimate of drug-likeness (QED) is 0.630. The Labute approximate surface area is 106 Å². The Morgan fingerprint density at radius 2 is 2.17 bits per heavy atom. The first-order valence-electron chi connectivity index (χ1n) is 6.68. The van der Waals surface area contributed by atoms with E-state index in [-0.39, 0.29) is 24.7 Å². The number of hydrogen-bond donors (Lipinski definition) is 2. The summed E-state index contributed by atoms with van der Waals surface area (Å²) in [5.41, 5.74) is -1.38. The normalized spacial score (nSPS) is 52.2. The molecule has 5 atom stereocenters. The van der Waals surface area contributed by atoms with Crippen LogP contribution in [0.3, 0.4) is 0 Å². The number of carbonyl (C=O) groups is 1. The molecule has 0 aromatic rings. The molecule has 2 N–H and O–H groups in total. The Balaban J connectivity index is 2.04. The molecule has 102 valence electrons. The van der Waals surface area contributed by atoms with Crippen LogP contribution in [0.25, 0.3) is 0 Å². The van der Waals surface area contributed by atoms with Crippen LogP contribution in [0.4, 0.5) is 0 Å². The standard InChI is InChI=1S/C13H20O5/c1-12-4-2-3-8-5-9(14)17-11(7-13(8,12)16)18-10(15)6-12/h8,10-11,15-16H,2-7H2,1H3. The van der Waals surface area contributed by atoms with E-state index < -0.39 is 23.6 Å². The van der Waals surface area contributed by atoms with Crippen LogP contribution in [0.15, 0.2) is 0 Å². The molecule has 1 aliphatic carbocycles. The third kappa shape index (κ3) is 1.68. The van der Waals surface area contributed by atoms with Crippen LogP contribution in [0, 0.1) is 11.3 Å². The Hall–Kier alpha value is -0.650. The molecule has 2 heterocycles. The van der Waals surface area contributed by atoms with Crippen LogP contribution in [0.2, 0.25) is 0 Å². The van der Waals surface area contributed by atoms with Crippen LogP contribution in [-0.2, 0) is 14.3 Å². The van der Waals surface area contributed by atoms with Gasteiger partial charge in [-0.1, -0.05) is 13.3 Å². The molecule has 0 radical (unpaired) electrons. The minimum Gasteiger partial charge on any atom is -0.436 e. The van der Waals surface area contributed by atoms with E-state index in [1.54, 1.807) is 0 Å². The second kappa shape index (κ2) is 3.92. The highest BCUT2D eigenvalue weighted by Gasteiger charge is 2.59. The summed E-state index contributed by atoms with van der Waals surface area (Å²) in [5, 5.41) is 21.0. The summed E-state index contributed by atoms with van der Waals surface area (Å²) < 4.78 is 10.5. The van der Waals surface area contributed by atoms with Crippen molar-refractivity contribution in [2.75, 3.05) is 0 Å². The number of hydrogen-bond acceptors (Lipinski definition) is 5. The van der Waals surface area contributed by atoms with E-state index in [1.807, 2.05) is 6.92 Å². The number of fused-ring (bicyclic) bond motifs is 1. The number of aliphatic hydroxyl groups is 2. The van der Waals surface area contributed by atoms with Gasteiger partial charge >= 0.3 is 5.97 Å². The average molecular weight is 256 g/mol. The van der Waals surface area contributed by atoms with Gasteiger partial charge in [0.25, 0.3) is 0 Å². The summed E-state index contributed by atoms with van der Waals surface area (Å²) in [4.78, 5) is 11.7. The number of aliphatic hydroxyl groups excluding tert-OH is 1. The van der Waals surface area contributed by atoms with Gasteiger partial charge in [-0.15, -0.1) is 0 Å². The third-order valence-corrected chi connectivity index (χ3v) is 5.09. The van der Waals surface area contributed by atoms with Crippen molar-refractivity contribution in [3.8, 4) is 0 Å². The molecule has 0 aromatic carbocycles. The van der Waals surface area contributed by atoms with Gasteiger partial charge in [-0.3, -0.25) is 4.79 Å². The molecule has 18 heavy (non-hydrogen) atoms. The minimum atomic E-state index is -0.973. The number of esters is 1. The van der Waals surface area contributed by atoms with Crippen LogP contribution >= 0.6 is 0 Å². The minimum absolute atomic E-state index is 0.0809. The van der Waals surface area contributed by atoms with Crippen LogP contribution < -0.4 is 0 Å². The van der Waals surface area contributed by atoms with Crippen LogP contribution in [0.1, 0.15) is 45.4 Å². The van der Waals surface area contributed by atoms with E-state index in [0.717, 1.165) is 19.3 Å². The van der Waals surface area contributed by atoms with Gasteiger partial charge in [-0.2, -0.15) is 0 Å². The van der Waals surface area contributed by atoms with Crippen LogP contribution in [0.5, 0.6) is 0 Å².